The fourth-order valence-corrected chi connectivity index (χ4v) is 3.83. The van der Waals surface area contributed by atoms with E-state index in [0.29, 0.717) is 6.04 Å². The van der Waals surface area contributed by atoms with Crippen LogP contribution in [0.3, 0.4) is 0 Å². The Balaban J connectivity index is 1.75. The number of hydrogen-bond donors (Lipinski definition) is 1. The molecule has 3 unspecified atom stereocenters. The van der Waals surface area contributed by atoms with Crippen LogP contribution < -0.4 is 0 Å². The van der Waals surface area contributed by atoms with E-state index in [9.17, 15) is 9.90 Å². The lowest BCUT2D eigenvalue weighted by Gasteiger charge is -2.41. The molecule has 0 amide bonds. The van der Waals surface area contributed by atoms with Crippen LogP contribution in [-0.2, 0) is 24.3 Å². The van der Waals surface area contributed by atoms with Gasteiger partial charge in [-0.25, -0.2) is 0 Å². The quantitative estimate of drug-likeness (QED) is 0.928. The number of aliphatic carboxylic acids is 1. The monoisotopic (exact) mass is 291 g/mol. The number of aryl methyl sites for hydroxylation is 2. The molecule has 1 fully saturated rings. The zero-order valence-electron chi connectivity index (χ0n) is 13.0. The summed E-state index contributed by atoms with van der Waals surface area (Å²) in [6.45, 7) is 6.04. The van der Waals surface area contributed by atoms with Gasteiger partial charge >= 0.3 is 5.97 Å². The number of piperidine rings is 1. The van der Waals surface area contributed by atoms with E-state index in [1.54, 1.807) is 0 Å². The van der Waals surface area contributed by atoms with Gasteiger partial charge in [-0.05, 0) is 52.0 Å². The molecule has 0 bridgehead atoms. The zero-order valence-corrected chi connectivity index (χ0v) is 13.0. The van der Waals surface area contributed by atoms with E-state index in [0.717, 1.165) is 38.0 Å². The zero-order chi connectivity index (χ0) is 15.0. The Labute approximate surface area is 125 Å². The maximum Gasteiger partial charge on any atom is 0.308 e. The Morgan fingerprint density at radius 3 is 2.90 bits per heavy atom. The summed E-state index contributed by atoms with van der Waals surface area (Å²) in [5.41, 5.74) is 2.43. The van der Waals surface area contributed by atoms with Crippen LogP contribution in [0.5, 0.6) is 0 Å². The number of likely N-dealkylation sites (tertiary alicyclic amines) is 1. The molecule has 0 saturated carbocycles. The first-order valence-corrected chi connectivity index (χ1v) is 8.10. The van der Waals surface area contributed by atoms with Crippen LogP contribution in [0.2, 0.25) is 0 Å². The molecule has 3 heterocycles. The van der Waals surface area contributed by atoms with Crippen molar-refractivity contribution in [2.75, 3.05) is 0 Å². The predicted octanol–water partition coefficient (Wildman–Crippen LogP) is 2.29. The number of hydrogen-bond acceptors (Lipinski definition) is 3. The van der Waals surface area contributed by atoms with Gasteiger partial charge in [0.2, 0.25) is 0 Å². The number of carbonyl (C=O) groups is 1. The van der Waals surface area contributed by atoms with E-state index >= 15 is 0 Å². The van der Waals surface area contributed by atoms with Gasteiger partial charge in [-0.15, -0.1) is 0 Å². The van der Waals surface area contributed by atoms with E-state index in [1.165, 1.54) is 18.5 Å². The van der Waals surface area contributed by atoms with Gasteiger partial charge < -0.3 is 5.11 Å². The lowest BCUT2D eigenvalue weighted by atomic mass is 9.86. The van der Waals surface area contributed by atoms with Crippen molar-refractivity contribution in [2.45, 2.75) is 71.1 Å². The van der Waals surface area contributed by atoms with Gasteiger partial charge in [-0.1, -0.05) is 0 Å². The van der Waals surface area contributed by atoms with Crippen LogP contribution in [0.4, 0.5) is 0 Å². The predicted molar refractivity (Wildman–Crippen MR) is 80.0 cm³/mol. The van der Waals surface area contributed by atoms with Gasteiger partial charge in [0.1, 0.15) is 0 Å². The Morgan fingerprint density at radius 1 is 1.38 bits per heavy atom. The van der Waals surface area contributed by atoms with Gasteiger partial charge in [0, 0.05) is 30.9 Å². The number of carboxylic acid groups (broad SMARTS) is 1. The van der Waals surface area contributed by atoms with E-state index in [4.69, 9.17) is 5.10 Å². The van der Waals surface area contributed by atoms with E-state index in [2.05, 4.69) is 22.6 Å². The number of fused-ring (bicyclic) bond motifs is 1. The second-order valence-electron chi connectivity index (χ2n) is 6.59. The Morgan fingerprint density at radius 2 is 2.19 bits per heavy atom. The van der Waals surface area contributed by atoms with Gasteiger partial charge in [-0.3, -0.25) is 14.4 Å². The molecule has 1 saturated heterocycles. The molecular formula is C16H25N3O2. The molecular weight excluding hydrogens is 266 g/mol. The second-order valence-corrected chi connectivity index (χ2v) is 6.59. The molecule has 21 heavy (non-hydrogen) atoms. The van der Waals surface area contributed by atoms with E-state index in [-0.39, 0.29) is 12.0 Å². The van der Waals surface area contributed by atoms with Crippen LogP contribution in [0.25, 0.3) is 0 Å². The maximum absolute atomic E-state index is 11.4. The highest BCUT2D eigenvalue weighted by molar-refractivity contribution is 5.71. The van der Waals surface area contributed by atoms with Crippen molar-refractivity contribution in [3.8, 4) is 0 Å². The summed E-state index contributed by atoms with van der Waals surface area (Å²) >= 11 is 0. The maximum atomic E-state index is 11.4. The molecule has 0 aromatic carbocycles. The normalized spacial score (nSPS) is 30.1. The number of nitrogens with zero attached hydrogens (tertiary/aromatic N) is 3. The number of aromatic nitrogens is 2. The molecule has 3 atom stereocenters. The summed E-state index contributed by atoms with van der Waals surface area (Å²) < 4.78 is 2.13. The lowest BCUT2D eigenvalue weighted by molar-refractivity contribution is -0.146. The van der Waals surface area contributed by atoms with Crippen LogP contribution in [0.1, 0.15) is 50.9 Å². The first-order valence-electron chi connectivity index (χ1n) is 8.10. The third-order valence-corrected chi connectivity index (χ3v) is 5.20. The lowest BCUT2D eigenvalue weighted by Crippen LogP contribution is -2.50. The van der Waals surface area contributed by atoms with Crippen molar-refractivity contribution in [1.82, 2.24) is 14.7 Å². The third-order valence-electron chi connectivity index (χ3n) is 5.20. The Hall–Kier alpha value is -1.36. The Kier molecular flexibility index (Phi) is 4.02. The van der Waals surface area contributed by atoms with Crippen molar-refractivity contribution >= 4 is 5.97 Å². The van der Waals surface area contributed by atoms with Crippen molar-refractivity contribution in [3.63, 3.8) is 0 Å². The first kappa shape index (κ1) is 14.6. The Bertz CT molecular complexity index is 502. The molecule has 3 rings (SSSR count). The minimum absolute atomic E-state index is 0.0741. The summed E-state index contributed by atoms with van der Waals surface area (Å²) in [4.78, 5) is 13.7. The summed E-state index contributed by atoms with van der Waals surface area (Å²) in [6.07, 6.45) is 5.33. The van der Waals surface area contributed by atoms with Crippen LogP contribution in [-0.4, -0.2) is 37.8 Å². The van der Waals surface area contributed by atoms with E-state index < -0.39 is 5.97 Å². The summed E-state index contributed by atoms with van der Waals surface area (Å²) in [5, 5.41) is 14.1. The van der Waals surface area contributed by atoms with E-state index in [1.807, 2.05) is 6.92 Å². The molecule has 0 spiro atoms. The molecule has 1 N–H and O–H groups in total. The molecule has 1 aromatic rings. The largest absolute Gasteiger partial charge is 0.481 e. The SMILES string of the molecule is CC1CCC(C(=O)O)C(C)N1Cc1cc2n(n1)CCCC2. The standard InChI is InChI=1S/C16H25N3O2/c1-11-6-7-15(16(20)21)12(2)18(11)10-13-9-14-5-3-4-8-19(14)17-13/h9,11-12,15H,3-8,10H2,1-2H3,(H,20,21). The van der Waals surface area contributed by atoms with Crippen molar-refractivity contribution in [3.05, 3.63) is 17.5 Å². The van der Waals surface area contributed by atoms with Gasteiger partial charge in [0.05, 0.1) is 11.6 Å². The van der Waals surface area contributed by atoms with Gasteiger partial charge in [0.25, 0.3) is 0 Å². The minimum Gasteiger partial charge on any atom is -0.481 e. The molecule has 2 aliphatic heterocycles. The molecule has 1 aromatic heterocycles. The third kappa shape index (κ3) is 2.84. The number of carboxylic acids is 1. The summed E-state index contributed by atoms with van der Waals surface area (Å²) in [7, 11) is 0. The average Bonchev–Trinajstić information content (AvgIpc) is 2.85. The summed E-state index contributed by atoms with van der Waals surface area (Å²) in [6, 6.07) is 2.71. The molecule has 0 aliphatic carbocycles. The van der Waals surface area contributed by atoms with Crippen molar-refractivity contribution in [1.29, 1.82) is 0 Å². The fourth-order valence-electron chi connectivity index (χ4n) is 3.83. The molecule has 116 valence electrons. The minimum atomic E-state index is -0.663. The average molecular weight is 291 g/mol. The first-order chi connectivity index (χ1) is 10.1. The van der Waals surface area contributed by atoms with Gasteiger partial charge in [-0.2, -0.15) is 5.10 Å². The molecule has 5 nitrogen and oxygen atoms in total. The highest BCUT2D eigenvalue weighted by atomic mass is 16.4. The second kappa shape index (κ2) is 5.79. The van der Waals surface area contributed by atoms with Crippen LogP contribution in [0.15, 0.2) is 6.07 Å². The molecule has 5 heteroatoms. The van der Waals surface area contributed by atoms with Crippen molar-refractivity contribution in [2.24, 2.45) is 5.92 Å². The molecule has 2 aliphatic rings. The number of rotatable bonds is 3. The molecule has 0 radical (unpaired) electrons. The van der Waals surface area contributed by atoms with Crippen LogP contribution in [0, 0.1) is 5.92 Å². The van der Waals surface area contributed by atoms with Gasteiger partial charge in [0.15, 0.2) is 0 Å². The van der Waals surface area contributed by atoms with Crippen molar-refractivity contribution < 1.29 is 9.90 Å². The topological polar surface area (TPSA) is 58.4 Å². The fraction of sp³-hybridized carbons (Fsp3) is 0.750. The summed E-state index contributed by atoms with van der Waals surface area (Å²) in [5.74, 6) is -0.915. The van der Waals surface area contributed by atoms with Crippen LogP contribution >= 0.6 is 0 Å². The highest BCUT2D eigenvalue weighted by Crippen LogP contribution is 2.30. The highest BCUT2D eigenvalue weighted by Gasteiger charge is 2.36. The smallest absolute Gasteiger partial charge is 0.308 e.